The number of methoxy groups -OCH3 is 1. The maximum Gasteiger partial charge on any atom is 0.406 e. The fraction of sp³-hybridized carbons (Fsp3) is 0.250. The van der Waals surface area contributed by atoms with Gasteiger partial charge in [0.05, 0.1) is 7.11 Å². The van der Waals surface area contributed by atoms with Gasteiger partial charge in [0.25, 0.3) is 5.91 Å². The van der Waals surface area contributed by atoms with Gasteiger partial charge in [-0.25, -0.2) is 0 Å². The van der Waals surface area contributed by atoms with E-state index in [2.05, 4.69) is 10.3 Å². The van der Waals surface area contributed by atoms with Crippen LogP contribution in [-0.4, -0.2) is 30.0 Å². The van der Waals surface area contributed by atoms with Gasteiger partial charge in [-0.15, -0.1) is 0 Å². The van der Waals surface area contributed by atoms with E-state index in [0.717, 1.165) is 0 Å². The predicted molar refractivity (Wildman–Crippen MR) is 50.8 cm³/mol. The Bertz CT molecular complexity index is 405. The van der Waals surface area contributed by atoms with Crippen LogP contribution in [0.3, 0.4) is 0 Å². The second-order valence-corrected chi connectivity index (χ2v) is 2.56. The molecule has 0 aliphatic rings. The van der Waals surface area contributed by atoms with Crippen LogP contribution < -0.4 is 10.1 Å². The highest BCUT2D eigenvalue weighted by Gasteiger charge is 2.21. The molecular weight excluding hydrogens is 202 g/mol. The lowest BCUT2D eigenvalue weighted by Gasteiger charge is -2.01. The van der Waals surface area contributed by atoms with E-state index >= 15 is 0 Å². The van der Waals surface area contributed by atoms with Gasteiger partial charge >= 0.3 is 5.82 Å². The van der Waals surface area contributed by atoms with Crippen LogP contribution in [0.15, 0.2) is 12.1 Å². The highest BCUT2D eigenvalue weighted by Crippen LogP contribution is 2.23. The van der Waals surface area contributed by atoms with Crippen molar-refractivity contribution < 1.29 is 14.5 Å². The molecule has 80 valence electrons. The summed E-state index contributed by atoms with van der Waals surface area (Å²) >= 11 is 0. The van der Waals surface area contributed by atoms with Crippen molar-refractivity contribution in [3.8, 4) is 5.75 Å². The van der Waals surface area contributed by atoms with E-state index in [1.807, 2.05) is 0 Å². The van der Waals surface area contributed by atoms with Crippen molar-refractivity contribution in [2.24, 2.45) is 0 Å². The smallest absolute Gasteiger partial charge is 0.406 e. The van der Waals surface area contributed by atoms with Gasteiger partial charge in [-0.3, -0.25) is 4.79 Å². The van der Waals surface area contributed by atoms with Crippen molar-refractivity contribution in [2.75, 3.05) is 14.2 Å². The number of nitrogens with zero attached hydrogens (tertiary/aromatic N) is 2. The lowest BCUT2D eigenvalue weighted by Crippen LogP contribution is -2.19. The molecule has 0 aliphatic heterocycles. The molecule has 1 rings (SSSR count). The fourth-order valence-electron chi connectivity index (χ4n) is 0.980. The number of hydrogen-bond acceptors (Lipinski definition) is 5. The van der Waals surface area contributed by atoms with Gasteiger partial charge in [0.2, 0.25) is 11.4 Å². The summed E-state index contributed by atoms with van der Waals surface area (Å²) in [5, 5.41) is 12.9. The Morgan fingerprint density at radius 1 is 1.60 bits per heavy atom. The zero-order valence-electron chi connectivity index (χ0n) is 8.18. The van der Waals surface area contributed by atoms with Gasteiger partial charge in [-0.1, -0.05) is 0 Å². The molecule has 0 saturated carbocycles. The molecule has 15 heavy (non-hydrogen) atoms. The molecular formula is C8H9N3O4. The first-order valence-corrected chi connectivity index (χ1v) is 4.01. The molecule has 0 saturated heterocycles. The van der Waals surface area contributed by atoms with E-state index in [-0.39, 0.29) is 11.4 Å². The van der Waals surface area contributed by atoms with Crippen molar-refractivity contribution >= 4 is 11.7 Å². The Balaban J connectivity index is 3.22. The standard InChI is InChI=1S/C8H9N3O4/c1-9-8(12)5-3-4-6(15-2)7(10-5)11(13)14/h3-4H,1-2H3,(H,9,12). The second kappa shape index (κ2) is 4.36. The zero-order valence-corrected chi connectivity index (χ0v) is 8.18. The second-order valence-electron chi connectivity index (χ2n) is 2.56. The number of carbonyl (C=O) groups is 1. The third-order valence-electron chi connectivity index (χ3n) is 1.69. The maximum absolute atomic E-state index is 11.2. The normalized spacial score (nSPS) is 9.47. The minimum atomic E-state index is -0.703. The Labute approximate surface area is 85.2 Å². The van der Waals surface area contributed by atoms with Crippen molar-refractivity contribution in [3.63, 3.8) is 0 Å². The molecule has 0 spiro atoms. The van der Waals surface area contributed by atoms with Crippen LogP contribution in [0, 0.1) is 10.1 Å². The summed E-state index contributed by atoms with van der Waals surface area (Å²) in [5.41, 5.74) is -0.0231. The number of hydrogen-bond donors (Lipinski definition) is 1. The van der Waals surface area contributed by atoms with Gasteiger partial charge in [0, 0.05) is 7.05 Å². The first-order chi connectivity index (χ1) is 7.10. The summed E-state index contributed by atoms with van der Waals surface area (Å²) < 4.78 is 4.74. The van der Waals surface area contributed by atoms with Crippen LogP contribution in [0.4, 0.5) is 5.82 Å². The third-order valence-corrected chi connectivity index (χ3v) is 1.69. The van der Waals surface area contributed by atoms with Crippen LogP contribution >= 0.6 is 0 Å². The quantitative estimate of drug-likeness (QED) is 0.575. The third kappa shape index (κ3) is 2.19. The first-order valence-electron chi connectivity index (χ1n) is 4.01. The number of aromatic nitrogens is 1. The van der Waals surface area contributed by atoms with Gasteiger partial charge in [-0.2, -0.15) is 0 Å². The Kier molecular flexibility index (Phi) is 3.17. The van der Waals surface area contributed by atoms with E-state index in [9.17, 15) is 14.9 Å². The molecule has 1 N–H and O–H groups in total. The van der Waals surface area contributed by atoms with Gasteiger partial charge in [0.1, 0.15) is 0 Å². The monoisotopic (exact) mass is 211 g/mol. The molecule has 0 fully saturated rings. The zero-order chi connectivity index (χ0) is 11.4. The molecule has 7 heteroatoms. The van der Waals surface area contributed by atoms with Crippen molar-refractivity contribution in [1.29, 1.82) is 0 Å². The number of pyridine rings is 1. The summed E-state index contributed by atoms with van der Waals surface area (Å²) in [5.74, 6) is -0.938. The SMILES string of the molecule is CNC(=O)c1ccc(OC)c([N+](=O)[O-])n1. The molecule has 0 unspecified atom stereocenters. The van der Waals surface area contributed by atoms with Crippen molar-refractivity contribution in [1.82, 2.24) is 10.3 Å². The molecule has 1 aromatic rings. The summed E-state index contributed by atoms with van der Waals surface area (Å²) in [6, 6.07) is 2.68. The molecule has 0 radical (unpaired) electrons. The van der Waals surface area contributed by atoms with Gasteiger partial charge < -0.3 is 20.2 Å². The predicted octanol–water partition coefficient (Wildman–Crippen LogP) is 0.358. The maximum atomic E-state index is 11.2. The van der Waals surface area contributed by atoms with E-state index in [1.54, 1.807) is 0 Å². The Morgan fingerprint density at radius 3 is 2.73 bits per heavy atom. The van der Waals surface area contributed by atoms with Crippen LogP contribution in [0.1, 0.15) is 10.5 Å². The van der Waals surface area contributed by atoms with E-state index in [1.165, 1.54) is 26.3 Å². The van der Waals surface area contributed by atoms with Crippen LogP contribution in [0.2, 0.25) is 0 Å². The van der Waals surface area contributed by atoms with Gasteiger partial charge in [0.15, 0.2) is 0 Å². The summed E-state index contributed by atoms with van der Waals surface area (Å²) in [4.78, 5) is 24.6. The Morgan fingerprint density at radius 2 is 2.27 bits per heavy atom. The lowest BCUT2D eigenvalue weighted by molar-refractivity contribution is -0.390. The highest BCUT2D eigenvalue weighted by atomic mass is 16.6. The molecule has 0 bridgehead atoms. The first kappa shape index (κ1) is 10.9. The highest BCUT2D eigenvalue weighted by molar-refractivity contribution is 5.92. The summed E-state index contributed by atoms with van der Waals surface area (Å²) in [6.07, 6.45) is 0. The number of nitro groups is 1. The minimum Gasteiger partial charge on any atom is -0.489 e. The molecule has 0 aromatic carbocycles. The van der Waals surface area contributed by atoms with Crippen molar-refractivity contribution in [2.45, 2.75) is 0 Å². The van der Waals surface area contributed by atoms with Crippen LogP contribution in [0.25, 0.3) is 0 Å². The Hall–Kier alpha value is -2.18. The molecule has 0 aliphatic carbocycles. The topological polar surface area (TPSA) is 94.4 Å². The molecule has 1 amide bonds. The summed E-state index contributed by atoms with van der Waals surface area (Å²) in [6.45, 7) is 0. The lowest BCUT2D eigenvalue weighted by atomic mass is 10.3. The fourth-order valence-corrected chi connectivity index (χ4v) is 0.980. The van der Waals surface area contributed by atoms with Crippen molar-refractivity contribution in [3.05, 3.63) is 27.9 Å². The number of ether oxygens (including phenoxy) is 1. The number of amides is 1. The van der Waals surface area contributed by atoms with E-state index in [4.69, 9.17) is 4.74 Å². The minimum absolute atomic E-state index is 0.0210. The molecule has 1 heterocycles. The largest absolute Gasteiger partial charge is 0.489 e. The number of rotatable bonds is 3. The molecule has 7 nitrogen and oxygen atoms in total. The van der Waals surface area contributed by atoms with Crippen LogP contribution in [-0.2, 0) is 0 Å². The molecule has 1 aromatic heterocycles. The number of carbonyl (C=O) groups excluding carboxylic acids is 1. The van der Waals surface area contributed by atoms with Crippen LogP contribution in [0.5, 0.6) is 5.75 Å². The summed E-state index contributed by atoms with van der Waals surface area (Å²) in [7, 11) is 2.71. The van der Waals surface area contributed by atoms with E-state index < -0.39 is 16.6 Å². The number of nitrogens with one attached hydrogen (secondary N) is 1. The van der Waals surface area contributed by atoms with E-state index in [0.29, 0.717) is 0 Å². The molecule has 0 atom stereocenters. The average Bonchev–Trinajstić information content (AvgIpc) is 2.27. The average molecular weight is 211 g/mol. The van der Waals surface area contributed by atoms with Gasteiger partial charge in [-0.05, 0) is 22.0 Å².